The molecule has 1 amide bonds. The number of hydrogen-bond donors (Lipinski definition) is 1. The number of fused-ring (bicyclic) bond motifs is 1. The number of pyridine rings is 1. The highest BCUT2D eigenvalue weighted by Gasteiger charge is 2.12. The van der Waals surface area contributed by atoms with Crippen molar-refractivity contribution < 1.29 is 4.79 Å². The van der Waals surface area contributed by atoms with E-state index in [2.05, 4.69) is 5.32 Å². The number of carbonyl (C=O) groups excluding carboxylic acids is 1. The number of aryl methyl sites for hydroxylation is 4. The van der Waals surface area contributed by atoms with Crippen LogP contribution in [0.5, 0.6) is 0 Å². The fraction of sp³-hybridized carbons (Fsp3) is 0.174. The molecule has 2 heterocycles. The Labute approximate surface area is 168 Å². The Morgan fingerprint density at radius 1 is 1.07 bits per heavy atom. The van der Waals surface area contributed by atoms with E-state index in [0.29, 0.717) is 24.2 Å². The van der Waals surface area contributed by atoms with Gasteiger partial charge in [0.2, 0.25) is 0 Å². The summed E-state index contributed by atoms with van der Waals surface area (Å²) in [6.07, 6.45) is 2.42. The van der Waals surface area contributed by atoms with Crippen molar-refractivity contribution >= 4 is 22.6 Å². The van der Waals surface area contributed by atoms with Crippen molar-refractivity contribution in [1.82, 2.24) is 14.1 Å². The molecule has 0 bridgehead atoms. The minimum Gasteiger partial charge on any atom is -0.331 e. The van der Waals surface area contributed by atoms with E-state index in [1.165, 1.54) is 0 Å². The Morgan fingerprint density at radius 2 is 1.86 bits per heavy atom. The first-order valence-electron chi connectivity index (χ1n) is 9.51. The van der Waals surface area contributed by atoms with Crippen molar-refractivity contribution in [2.45, 2.75) is 19.9 Å². The summed E-state index contributed by atoms with van der Waals surface area (Å²) < 4.78 is 3.70. The van der Waals surface area contributed by atoms with Crippen molar-refractivity contribution in [2.24, 2.45) is 7.05 Å². The van der Waals surface area contributed by atoms with E-state index >= 15 is 0 Å². The van der Waals surface area contributed by atoms with Crippen molar-refractivity contribution in [1.29, 1.82) is 0 Å². The number of hydrogen-bond acceptors (Lipinski definition) is 3. The van der Waals surface area contributed by atoms with E-state index in [-0.39, 0.29) is 11.5 Å². The molecule has 0 aliphatic carbocycles. The second-order valence-corrected chi connectivity index (χ2v) is 7.04. The highest BCUT2D eigenvalue weighted by Crippen LogP contribution is 2.21. The lowest BCUT2D eigenvalue weighted by molar-refractivity contribution is 0.102. The summed E-state index contributed by atoms with van der Waals surface area (Å²) in [4.78, 5) is 29.2. The van der Waals surface area contributed by atoms with Gasteiger partial charge in [-0.15, -0.1) is 0 Å². The molecular weight excluding hydrogens is 364 g/mol. The summed E-state index contributed by atoms with van der Waals surface area (Å²) in [7, 11) is 1.96. The summed E-state index contributed by atoms with van der Waals surface area (Å²) in [5.41, 5.74) is 4.06. The van der Waals surface area contributed by atoms with E-state index in [4.69, 9.17) is 4.98 Å². The van der Waals surface area contributed by atoms with Crippen LogP contribution in [0, 0.1) is 6.92 Å². The number of nitrogens with zero attached hydrogens (tertiary/aromatic N) is 3. The minimum atomic E-state index is -0.137. The molecule has 0 radical (unpaired) electrons. The Bertz CT molecular complexity index is 1250. The average Bonchev–Trinajstić information content (AvgIpc) is 3.02. The number of anilines is 1. The van der Waals surface area contributed by atoms with Gasteiger partial charge in [0.05, 0.1) is 11.0 Å². The molecule has 0 aliphatic rings. The van der Waals surface area contributed by atoms with Crippen LogP contribution >= 0.6 is 0 Å². The lowest BCUT2D eigenvalue weighted by Gasteiger charge is -2.07. The lowest BCUT2D eigenvalue weighted by atomic mass is 10.1. The van der Waals surface area contributed by atoms with E-state index in [0.717, 1.165) is 22.4 Å². The van der Waals surface area contributed by atoms with Crippen LogP contribution in [0.1, 0.15) is 21.7 Å². The summed E-state index contributed by atoms with van der Waals surface area (Å²) in [6, 6.07) is 18.3. The molecule has 1 N–H and O–H groups in total. The molecule has 4 aromatic rings. The van der Waals surface area contributed by atoms with Crippen LogP contribution in [0.25, 0.3) is 11.0 Å². The van der Waals surface area contributed by atoms with E-state index < -0.39 is 0 Å². The summed E-state index contributed by atoms with van der Waals surface area (Å²) >= 11 is 0. The highest BCUT2D eigenvalue weighted by atomic mass is 16.1. The van der Waals surface area contributed by atoms with Gasteiger partial charge in [-0.3, -0.25) is 9.59 Å². The third-order valence-corrected chi connectivity index (χ3v) is 5.10. The van der Waals surface area contributed by atoms with Crippen LogP contribution in [-0.2, 0) is 20.0 Å². The van der Waals surface area contributed by atoms with Gasteiger partial charge in [0.25, 0.3) is 11.5 Å². The Morgan fingerprint density at radius 3 is 2.66 bits per heavy atom. The summed E-state index contributed by atoms with van der Waals surface area (Å²) in [6.45, 7) is 2.48. The Kier molecular flexibility index (Phi) is 4.99. The maximum Gasteiger partial charge on any atom is 0.255 e. The normalized spacial score (nSPS) is 11.0. The third kappa shape index (κ3) is 3.82. The van der Waals surface area contributed by atoms with Gasteiger partial charge in [-0.2, -0.15) is 0 Å². The van der Waals surface area contributed by atoms with E-state index in [9.17, 15) is 9.59 Å². The molecule has 0 aliphatic heterocycles. The highest BCUT2D eigenvalue weighted by molar-refractivity contribution is 6.05. The number of aromatic nitrogens is 3. The molecule has 2 aromatic heterocycles. The molecule has 0 saturated heterocycles. The zero-order valence-corrected chi connectivity index (χ0v) is 16.4. The Balaban J connectivity index is 1.55. The lowest BCUT2D eigenvalue weighted by Crippen LogP contribution is -2.19. The van der Waals surface area contributed by atoms with E-state index in [1.807, 2.05) is 67.1 Å². The smallest absolute Gasteiger partial charge is 0.255 e. The topological polar surface area (TPSA) is 68.9 Å². The number of benzene rings is 2. The molecule has 0 saturated carbocycles. The monoisotopic (exact) mass is 386 g/mol. The van der Waals surface area contributed by atoms with Crippen LogP contribution in [0.15, 0.2) is 71.7 Å². The molecule has 6 nitrogen and oxygen atoms in total. The zero-order chi connectivity index (χ0) is 20.4. The quantitative estimate of drug-likeness (QED) is 0.570. The molecule has 6 heteroatoms. The van der Waals surface area contributed by atoms with Gasteiger partial charge in [-0.1, -0.05) is 24.3 Å². The molecular formula is C23H22N4O2. The average molecular weight is 386 g/mol. The standard InChI is InChI=1S/C23H22N4O2/c1-16-7-3-4-8-18(16)23(29)24-17-10-11-20-19(15-17)25-21(26(20)2)12-14-27-13-6-5-9-22(27)28/h3-11,13,15H,12,14H2,1-2H3,(H,24,29). The molecule has 0 atom stereocenters. The second kappa shape index (κ2) is 7.75. The predicted octanol–water partition coefficient (Wildman–Crippen LogP) is 3.54. The molecule has 146 valence electrons. The van der Waals surface area contributed by atoms with Crippen LogP contribution in [0.2, 0.25) is 0 Å². The predicted molar refractivity (Wildman–Crippen MR) is 114 cm³/mol. The summed E-state index contributed by atoms with van der Waals surface area (Å²) in [5.74, 6) is 0.750. The maximum atomic E-state index is 12.6. The van der Waals surface area contributed by atoms with Crippen LogP contribution in [0.4, 0.5) is 5.69 Å². The second-order valence-electron chi connectivity index (χ2n) is 7.04. The SMILES string of the molecule is Cc1ccccc1C(=O)Nc1ccc2c(c1)nc(CCn1ccccc1=O)n2C. The first-order valence-corrected chi connectivity index (χ1v) is 9.51. The van der Waals surface area contributed by atoms with Gasteiger partial charge in [0, 0.05) is 43.5 Å². The molecule has 2 aromatic carbocycles. The first kappa shape index (κ1) is 18.7. The molecule has 0 fully saturated rings. The molecule has 0 unspecified atom stereocenters. The zero-order valence-electron chi connectivity index (χ0n) is 16.4. The number of nitrogens with one attached hydrogen (secondary N) is 1. The molecule has 29 heavy (non-hydrogen) atoms. The number of imidazole rings is 1. The van der Waals surface area contributed by atoms with Gasteiger partial charge in [-0.05, 0) is 42.8 Å². The minimum absolute atomic E-state index is 0.0209. The number of amides is 1. The number of carbonyl (C=O) groups is 1. The molecule has 0 spiro atoms. The van der Waals surface area contributed by atoms with Crippen molar-refractivity contribution in [3.8, 4) is 0 Å². The first-order chi connectivity index (χ1) is 14.0. The van der Waals surface area contributed by atoms with Crippen LogP contribution < -0.4 is 10.9 Å². The van der Waals surface area contributed by atoms with Gasteiger partial charge >= 0.3 is 0 Å². The fourth-order valence-electron chi connectivity index (χ4n) is 3.44. The fourth-order valence-corrected chi connectivity index (χ4v) is 3.44. The van der Waals surface area contributed by atoms with Gasteiger partial charge < -0.3 is 14.5 Å². The third-order valence-electron chi connectivity index (χ3n) is 5.10. The number of rotatable bonds is 5. The maximum absolute atomic E-state index is 12.6. The van der Waals surface area contributed by atoms with Crippen molar-refractivity contribution in [3.63, 3.8) is 0 Å². The summed E-state index contributed by atoms with van der Waals surface area (Å²) in [5, 5.41) is 2.95. The van der Waals surface area contributed by atoms with Gasteiger partial charge in [-0.25, -0.2) is 4.98 Å². The Hall–Kier alpha value is -3.67. The molecule has 4 rings (SSSR count). The van der Waals surface area contributed by atoms with Crippen LogP contribution in [0.3, 0.4) is 0 Å². The van der Waals surface area contributed by atoms with Crippen molar-refractivity contribution in [2.75, 3.05) is 5.32 Å². The van der Waals surface area contributed by atoms with Gasteiger partial charge in [0.15, 0.2) is 0 Å². The van der Waals surface area contributed by atoms with E-state index in [1.54, 1.807) is 22.9 Å². The van der Waals surface area contributed by atoms with Gasteiger partial charge in [0.1, 0.15) is 5.82 Å². The largest absolute Gasteiger partial charge is 0.331 e. The van der Waals surface area contributed by atoms with Crippen molar-refractivity contribution in [3.05, 3.63) is 94.2 Å². The van der Waals surface area contributed by atoms with Crippen LogP contribution in [-0.4, -0.2) is 20.0 Å².